The molecule has 3 atom stereocenters. The number of methoxy groups -OCH3 is 1. The van der Waals surface area contributed by atoms with Crippen LogP contribution in [0.5, 0.6) is 0 Å². The van der Waals surface area contributed by atoms with Gasteiger partial charge in [-0.3, -0.25) is 9.59 Å². The van der Waals surface area contributed by atoms with Gasteiger partial charge < -0.3 is 20.3 Å². The van der Waals surface area contributed by atoms with Crippen molar-refractivity contribution in [1.82, 2.24) is 10.2 Å². The van der Waals surface area contributed by atoms with Crippen LogP contribution >= 0.6 is 11.6 Å². The molecular weight excluding hydrogens is 551 g/mol. The number of carbonyl (C=O) groups is 3. The molecule has 2 aliphatic rings. The lowest BCUT2D eigenvalue weighted by molar-refractivity contribution is -0.132. The highest BCUT2D eigenvalue weighted by atomic mass is 35.5. The summed E-state index contributed by atoms with van der Waals surface area (Å²) in [6.07, 6.45) is 0.564. The van der Waals surface area contributed by atoms with E-state index in [2.05, 4.69) is 15.4 Å². The van der Waals surface area contributed by atoms with Gasteiger partial charge in [0.25, 0.3) is 5.91 Å². The first-order valence-corrected chi connectivity index (χ1v) is 13.5. The molecule has 14 heteroatoms. The number of alkyl carbamates (subject to hydrolysis) is 1. The van der Waals surface area contributed by atoms with E-state index in [0.29, 0.717) is 25.0 Å². The van der Waals surface area contributed by atoms with E-state index in [1.165, 1.54) is 19.2 Å². The van der Waals surface area contributed by atoms with Crippen molar-refractivity contribution >= 4 is 45.0 Å². The van der Waals surface area contributed by atoms with E-state index in [1.807, 2.05) is 0 Å². The molecule has 2 N–H and O–H groups in total. The van der Waals surface area contributed by atoms with E-state index in [9.17, 15) is 36.0 Å². The van der Waals surface area contributed by atoms with Crippen molar-refractivity contribution in [3.63, 3.8) is 0 Å². The lowest BCUT2D eigenvalue weighted by Crippen LogP contribution is -2.41. The number of benzene rings is 2. The maximum atomic E-state index is 13.6. The summed E-state index contributed by atoms with van der Waals surface area (Å²) in [5.74, 6) is -5.90. The number of halogens is 4. The third kappa shape index (κ3) is 5.30. The van der Waals surface area contributed by atoms with Crippen LogP contribution in [-0.2, 0) is 19.4 Å². The highest BCUT2D eigenvalue weighted by Crippen LogP contribution is 2.44. The van der Waals surface area contributed by atoms with Gasteiger partial charge in [-0.05, 0) is 37.5 Å². The number of nitrogens with zero attached hydrogens (tertiary/aromatic N) is 1. The Morgan fingerprint density at radius 2 is 1.79 bits per heavy atom. The van der Waals surface area contributed by atoms with Crippen LogP contribution in [0.25, 0.3) is 0 Å². The van der Waals surface area contributed by atoms with Gasteiger partial charge in [0.1, 0.15) is 0 Å². The summed E-state index contributed by atoms with van der Waals surface area (Å²) in [6.45, 7) is 0.0315. The molecule has 2 heterocycles. The van der Waals surface area contributed by atoms with Crippen molar-refractivity contribution < 1.29 is 40.7 Å². The van der Waals surface area contributed by atoms with Crippen molar-refractivity contribution in [2.75, 3.05) is 19.0 Å². The summed E-state index contributed by atoms with van der Waals surface area (Å²) in [4.78, 5) is 38.0. The topological polar surface area (TPSA) is 122 Å². The van der Waals surface area contributed by atoms with Crippen molar-refractivity contribution in [2.45, 2.75) is 47.9 Å². The SMILES string of the molecule is COC(=O)NCCC(=O)N1C2CCC1C(S(=O)(=O)c1cc(C(=O)Nc3cc(F)c(F)c(F)c3)ccc1Cl)C2. The molecule has 3 amide bonds. The Morgan fingerprint density at radius 1 is 1.11 bits per heavy atom. The molecule has 2 fully saturated rings. The Bertz CT molecular complexity index is 1380. The second-order valence-corrected chi connectivity index (χ2v) is 11.5. The Balaban J connectivity index is 1.53. The first-order chi connectivity index (χ1) is 17.9. The molecule has 3 unspecified atom stereocenters. The molecule has 2 aromatic rings. The Labute approximate surface area is 221 Å². The van der Waals surface area contributed by atoms with Crippen LogP contribution < -0.4 is 10.6 Å². The standard InChI is InChI=1S/C24H23ClF3N3O6S/c1-37-24(34)29-7-6-21(32)31-14-3-5-18(31)20(11-14)38(35,36)19-8-12(2-4-15(19)25)23(33)30-13-9-16(26)22(28)17(27)10-13/h2,4,8-10,14,18,20H,3,5-7,11H2,1H3,(H,29,34)(H,30,33). The molecule has 204 valence electrons. The number of nitrogens with one attached hydrogen (secondary N) is 2. The summed E-state index contributed by atoms with van der Waals surface area (Å²) in [6, 6.07) is 3.79. The highest BCUT2D eigenvalue weighted by molar-refractivity contribution is 7.92. The summed E-state index contributed by atoms with van der Waals surface area (Å²) < 4.78 is 72.0. The van der Waals surface area contributed by atoms with Crippen LogP contribution in [0, 0.1) is 17.5 Å². The minimum absolute atomic E-state index is 0.0315. The predicted octanol–water partition coefficient (Wildman–Crippen LogP) is 3.66. The molecule has 0 aromatic heterocycles. The minimum atomic E-state index is -4.12. The number of amides is 3. The van der Waals surface area contributed by atoms with Gasteiger partial charge >= 0.3 is 6.09 Å². The number of hydrogen-bond acceptors (Lipinski definition) is 6. The quantitative estimate of drug-likeness (QED) is 0.488. The van der Waals surface area contributed by atoms with Crippen LogP contribution in [-0.4, -0.2) is 62.2 Å². The molecule has 0 saturated carbocycles. The molecule has 0 spiro atoms. The summed E-state index contributed by atoms with van der Waals surface area (Å²) in [5, 5.41) is 3.51. The molecule has 2 bridgehead atoms. The van der Waals surface area contributed by atoms with E-state index in [4.69, 9.17) is 11.6 Å². The zero-order valence-electron chi connectivity index (χ0n) is 20.0. The third-order valence-electron chi connectivity index (χ3n) is 6.70. The smallest absolute Gasteiger partial charge is 0.406 e. The summed E-state index contributed by atoms with van der Waals surface area (Å²) >= 11 is 6.21. The maximum Gasteiger partial charge on any atom is 0.406 e. The largest absolute Gasteiger partial charge is 0.453 e. The Kier molecular flexibility index (Phi) is 7.88. The lowest BCUT2D eigenvalue weighted by atomic mass is 10.0. The van der Waals surface area contributed by atoms with Crippen LogP contribution in [0.1, 0.15) is 36.0 Å². The van der Waals surface area contributed by atoms with E-state index in [-0.39, 0.29) is 52.5 Å². The second kappa shape index (κ2) is 10.8. The van der Waals surface area contributed by atoms with E-state index >= 15 is 0 Å². The van der Waals surface area contributed by atoms with Gasteiger partial charge in [-0.2, -0.15) is 0 Å². The maximum absolute atomic E-state index is 13.6. The number of sulfone groups is 1. The van der Waals surface area contributed by atoms with Gasteiger partial charge in [-0.15, -0.1) is 0 Å². The van der Waals surface area contributed by atoms with Crippen LogP contribution in [0.2, 0.25) is 5.02 Å². The molecule has 4 rings (SSSR count). The third-order valence-corrected chi connectivity index (χ3v) is 9.40. The molecule has 2 saturated heterocycles. The van der Waals surface area contributed by atoms with E-state index in [0.717, 1.165) is 6.07 Å². The summed E-state index contributed by atoms with van der Waals surface area (Å²) in [5.41, 5.74) is -0.530. The normalized spacial score (nSPS) is 20.3. The van der Waals surface area contributed by atoms with Crippen molar-refractivity contribution in [1.29, 1.82) is 0 Å². The monoisotopic (exact) mass is 573 g/mol. The fourth-order valence-corrected chi connectivity index (χ4v) is 7.54. The van der Waals surface area contributed by atoms with Crippen molar-refractivity contribution in [2.24, 2.45) is 0 Å². The molecule has 2 aliphatic heterocycles. The Hall–Kier alpha value is -3.32. The molecule has 0 aliphatic carbocycles. The zero-order valence-corrected chi connectivity index (χ0v) is 21.5. The van der Waals surface area contributed by atoms with E-state index in [1.54, 1.807) is 4.90 Å². The second-order valence-electron chi connectivity index (χ2n) is 8.94. The Morgan fingerprint density at radius 3 is 2.45 bits per heavy atom. The molecule has 2 aromatic carbocycles. The van der Waals surface area contributed by atoms with Crippen LogP contribution in [0.15, 0.2) is 35.2 Å². The van der Waals surface area contributed by atoms with E-state index < -0.39 is 50.6 Å². The van der Waals surface area contributed by atoms with Gasteiger partial charge in [0.2, 0.25) is 5.91 Å². The molecule has 9 nitrogen and oxygen atoms in total. The van der Waals surface area contributed by atoms with Crippen LogP contribution in [0.4, 0.5) is 23.7 Å². The molecular formula is C24H23ClF3N3O6S. The fourth-order valence-electron chi connectivity index (χ4n) is 4.99. The van der Waals surface area contributed by atoms with Crippen molar-refractivity contribution in [3.8, 4) is 0 Å². The fraction of sp³-hybridized carbons (Fsp3) is 0.375. The lowest BCUT2D eigenvalue weighted by Gasteiger charge is -2.25. The van der Waals surface area contributed by atoms with Crippen LogP contribution in [0.3, 0.4) is 0 Å². The van der Waals surface area contributed by atoms with Gasteiger partial charge in [-0.1, -0.05) is 11.6 Å². The minimum Gasteiger partial charge on any atom is -0.453 e. The average Bonchev–Trinajstić information content (AvgIpc) is 3.46. The van der Waals surface area contributed by atoms with Gasteiger partial charge in [-0.25, -0.2) is 26.4 Å². The number of anilines is 1. The predicted molar refractivity (Wildman–Crippen MR) is 130 cm³/mol. The molecule has 0 radical (unpaired) electrons. The first kappa shape index (κ1) is 27.7. The van der Waals surface area contributed by atoms with Gasteiger partial charge in [0.15, 0.2) is 27.3 Å². The average molecular weight is 574 g/mol. The number of rotatable bonds is 7. The zero-order chi connectivity index (χ0) is 27.8. The highest BCUT2D eigenvalue weighted by Gasteiger charge is 2.53. The molecule has 38 heavy (non-hydrogen) atoms. The number of carbonyl (C=O) groups excluding carboxylic acids is 3. The van der Waals surface area contributed by atoms with Gasteiger partial charge in [0.05, 0.1) is 22.3 Å². The summed E-state index contributed by atoms with van der Waals surface area (Å²) in [7, 11) is -2.92. The first-order valence-electron chi connectivity index (χ1n) is 11.6. The number of ether oxygens (including phenoxy) is 1. The van der Waals surface area contributed by atoms with Crippen molar-refractivity contribution in [3.05, 3.63) is 58.4 Å². The van der Waals surface area contributed by atoms with Gasteiger partial charge in [0, 0.05) is 48.4 Å². The number of fused-ring (bicyclic) bond motifs is 2. The number of hydrogen-bond donors (Lipinski definition) is 2.